The van der Waals surface area contributed by atoms with Crippen LogP contribution in [-0.2, 0) is 0 Å². The molecule has 0 fully saturated rings. The Balaban J connectivity index is 2.65. The van der Waals surface area contributed by atoms with Crippen molar-refractivity contribution in [3.05, 3.63) is 77.6 Å². The molecule has 94 valence electrons. The lowest BCUT2D eigenvalue weighted by atomic mass is 10.0. The minimum atomic E-state index is -0.168. The molecule has 2 aromatic rings. The molecule has 1 aromatic heterocycles. The van der Waals surface area contributed by atoms with Gasteiger partial charge < -0.3 is 0 Å². The second-order valence-corrected chi connectivity index (χ2v) is 4.73. The summed E-state index contributed by atoms with van der Waals surface area (Å²) in [5.41, 5.74) is 0.880. The van der Waals surface area contributed by atoms with Gasteiger partial charge in [0.25, 0.3) is 0 Å². The monoisotopic (exact) mass is 313 g/mol. The smallest absolute Gasteiger partial charge is 0.213 e. The first-order valence-electron chi connectivity index (χ1n) is 5.72. The van der Waals surface area contributed by atoms with E-state index in [1.807, 2.05) is 30.3 Å². The molecule has 2 nitrogen and oxygen atoms in total. The summed E-state index contributed by atoms with van der Waals surface area (Å²) in [5.74, 6) is -0.168. The quantitative estimate of drug-likeness (QED) is 0.474. The van der Waals surface area contributed by atoms with Crippen LogP contribution in [-0.4, -0.2) is 10.8 Å². The molecule has 0 aliphatic heterocycles. The number of Topliss-reactive ketones (excluding diaryl/α,β-unsaturated/α-hetero) is 1. The highest BCUT2D eigenvalue weighted by atomic mass is 79.9. The van der Waals surface area contributed by atoms with Crippen LogP contribution in [0.15, 0.2) is 71.9 Å². The second kappa shape index (κ2) is 5.76. The third-order valence-corrected chi connectivity index (χ3v) is 3.52. The van der Waals surface area contributed by atoms with Gasteiger partial charge in [0.2, 0.25) is 5.78 Å². The normalized spacial score (nSPS) is 11.8. The molecular formula is C16H12BrNO. The molecule has 0 amide bonds. The minimum absolute atomic E-state index is 0.168. The van der Waals surface area contributed by atoms with Crippen LogP contribution in [0.1, 0.15) is 10.5 Å². The maximum atomic E-state index is 12.5. The number of pyridine rings is 1. The molecule has 2 rings (SSSR count). The van der Waals surface area contributed by atoms with Crippen LogP contribution >= 0.6 is 15.9 Å². The zero-order chi connectivity index (χ0) is 13.8. The van der Waals surface area contributed by atoms with Gasteiger partial charge in [0.05, 0.1) is 0 Å². The Hall–Kier alpha value is -2.00. The van der Waals surface area contributed by atoms with E-state index in [1.54, 1.807) is 12.3 Å². The molecule has 0 bridgehead atoms. The van der Waals surface area contributed by atoms with Crippen LogP contribution in [0.4, 0.5) is 0 Å². The molecule has 0 aliphatic rings. The van der Waals surface area contributed by atoms with Gasteiger partial charge in [0.1, 0.15) is 5.69 Å². The fourth-order valence-corrected chi connectivity index (χ4v) is 2.18. The lowest BCUT2D eigenvalue weighted by Gasteiger charge is -2.06. The van der Waals surface area contributed by atoms with E-state index < -0.39 is 0 Å². The first-order valence-corrected chi connectivity index (χ1v) is 6.51. The molecule has 0 aliphatic carbocycles. The lowest BCUT2D eigenvalue weighted by molar-refractivity contribution is 0.103. The molecule has 0 atom stereocenters. The first kappa shape index (κ1) is 13.4. The van der Waals surface area contributed by atoms with Crippen LogP contribution in [0.5, 0.6) is 0 Å². The highest BCUT2D eigenvalue weighted by Crippen LogP contribution is 2.23. The highest BCUT2D eigenvalue weighted by molar-refractivity contribution is 9.12. The summed E-state index contributed by atoms with van der Waals surface area (Å²) in [7, 11) is 0. The molecule has 0 N–H and O–H groups in total. The van der Waals surface area contributed by atoms with E-state index in [-0.39, 0.29) is 5.78 Å². The van der Waals surface area contributed by atoms with Crippen molar-refractivity contribution < 1.29 is 4.79 Å². The summed E-state index contributed by atoms with van der Waals surface area (Å²) < 4.78 is 0.613. The van der Waals surface area contributed by atoms with Gasteiger partial charge in [-0.05, 0) is 11.5 Å². The van der Waals surface area contributed by atoms with Crippen LogP contribution in [0.25, 0.3) is 10.8 Å². The Morgan fingerprint density at radius 3 is 2.58 bits per heavy atom. The number of carbonyl (C=O) groups is 1. The molecule has 0 unspecified atom stereocenters. The average molecular weight is 314 g/mol. The summed E-state index contributed by atoms with van der Waals surface area (Å²) >= 11 is 3.31. The van der Waals surface area contributed by atoms with Gasteiger partial charge in [-0.15, -0.1) is 0 Å². The molecule has 3 heteroatoms. The molecule has 0 saturated heterocycles. The number of fused-ring (bicyclic) bond motifs is 1. The second-order valence-electron chi connectivity index (χ2n) is 3.88. The zero-order valence-corrected chi connectivity index (χ0v) is 11.9. The Bertz CT molecular complexity index is 695. The summed E-state index contributed by atoms with van der Waals surface area (Å²) in [6, 6.07) is 9.54. The maximum absolute atomic E-state index is 12.5. The van der Waals surface area contributed by atoms with Gasteiger partial charge in [0.15, 0.2) is 0 Å². The zero-order valence-electron chi connectivity index (χ0n) is 10.3. The van der Waals surface area contributed by atoms with E-state index >= 15 is 0 Å². The predicted molar refractivity (Wildman–Crippen MR) is 82.4 cm³/mol. The topological polar surface area (TPSA) is 30.0 Å². The van der Waals surface area contributed by atoms with Crippen molar-refractivity contribution in [2.24, 2.45) is 0 Å². The number of nitrogens with zero attached hydrogens (tertiary/aromatic N) is 1. The van der Waals surface area contributed by atoms with Crippen molar-refractivity contribution in [2.75, 3.05) is 0 Å². The molecule has 19 heavy (non-hydrogen) atoms. The third kappa shape index (κ3) is 2.56. The van der Waals surface area contributed by atoms with E-state index in [4.69, 9.17) is 0 Å². The molecule has 0 saturated carbocycles. The number of carbonyl (C=O) groups excluding carboxylic acids is 1. The fraction of sp³-hybridized carbons (Fsp3) is 0. The maximum Gasteiger partial charge on any atom is 0.213 e. The van der Waals surface area contributed by atoms with E-state index in [9.17, 15) is 4.79 Å². The number of allylic oxidation sites excluding steroid dienone is 4. The largest absolute Gasteiger partial charge is 0.287 e. The molecular weight excluding hydrogens is 302 g/mol. The van der Waals surface area contributed by atoms with Gasteiger partial charge >= 0.3 is 0 Å². The number of halogens is 1. The number of aromatic nitrogens is 1. The van der Waals surface area contributed by atoms with Crippen molar-refractivity contribution >= 4 is 32.5 Å². The number of benzene rings is 1. The average Bonchev–Trinajstić information content (AvgIpc) is 2.47. The van der Waals surface area contributed by atoms with Crippen LogP contribution in [0.2, 0.25) is 0 Å². The Kier molecular flexibility index (Phi) is 4.07. The van der Waals surface area contributed by atoms with E-state index in [2.05, 4.69) is 34.1 Å². The summed E-state index contributed by atoms with van der Waals surface area (Å²) in [4.78, 5) is 16.7. The Morgan fingerprint density at radius 1 is 1.16 bits per heavy atom. The van der Waals surface area contributed by atoms with Gasteiger partial charge in [0, 0.05) is 21.6 Å². The van der Waals surface area contributed by atoms with Crippen LogP contribution in [0.3, 0.4) is 0 Å². The van der Waals surface area contributed by atoms with E-state index in [1.165, 1.54) is 6.08 Å². The van der Waals surface area contributed by atoms with Crippen LogP contribution < -0.4 is 0 Å². The van der Waals surface area contributed by atoms with E-state index in [0.717, 1.165) is 10.8 Å². The minimum Gasteiger partial charge on any atom is -0.287 e. The summed E-state index contributed by atoms with van der Waals surface area (Å²) in [5, 5.41) is 1.82. The van der Waals surface area contributed by atoms with Gasteiger partial charge in [-0.25, -0.2) is 0 Å². The fourth-order valence-electron chi connectivity index (χ4n) is 1.84. The molecule has 0 radical (unpaired) electrons. The Morgan fingerprint density at radius 2 is 1.89 bits per heavy atom. The van der Waals surface area contributed by atoms with Gasteiger partial charge in [-0.2, -0.15) is 0 Å². The summed E-state index contributed by atoms with van der Waals surface area (Å²) in [6.45, 7) is 7.32. The first-order chi connectivity index (χ1) is 9.19. The number of hydrogen-bond acceptors (Lipinski definition) is 2. The third-order valence-electron chi connectivity index (χ3n) is 2.77. The molecule has 0 spiro atoms. The van der Waals surface area contributed by atoms with Crippen LogP contribution in [0, 0.1) is 0 Å². The van der Waals surface area contributed by atoms with E-state index in [0.29, 0.717) is 15.7 Å². The molecule has 1 heterocycles. The molecule has 1 aromatic carbocycles. The van der Waals surface area contributed by atoms with Crippen molar-refractivity contribution in [3.8, 4) is 0 Å². The number of rotatable bonds is 4. The SMILES string of the molecule is C=C/C(Br)=C(\C=C)C(=O)c1nccc2ccccc12. The summed E-state index contributed by atoms with van der Waals surface area (Å²) in [6.07, 6.45) is 4.72. The Labute approximate surface area is 120 Å². The van der Waals surface area contributed by atoms with Crippen molar-refractivity contribution in [2.45, 2.75) is 0 Å². The number of hydrogen-bond donors (Lipinski definition) is 0. The van der Waals surface area contributed by atoms with Crippen molar-refractivity contribution in [1.82, 2.24) is 4.98 Å². The predicted octanol–water partition coefficient (Wildman–Crippen LogP) is 4.44. The van der Waals surface area contributed by atoms with Crippen molar-refractivity contribution in [1.29, 1.82) is 0 Å². The standard InChI is InChI=1S/C16H12BrNO/c1-3-12(14(17)4-2)16(19)15-13-8-6-5-7-11(13)9-10-18-15/h3-10H,1-2H2/b14-12-. The lowest BCUT2D eigenvalue weighted by Crippen LogP contribution is -2.06. The number of ketones is 1. The van der Waals surface area contributed by atoms with Gasteiger partial charge in [-0.1, -0.05) is 65.5 Å². The highest BCUT2D eigenvalue weighted by Gasteiger charge is 2.16. The van der Waals surface area contributed by atoms with Gasteiger partial charge in [-0.3, -0.25) is 9.78 Å². The van der Waals surface area contributed by atoms with Crippen molar-refractivity contribution in [3.63, 3.8) is 0 Å².